The number of rotatable bonds is 3. The van der Waals surface area contributed by atoms with Crippen LogP contribution in [0.25, 0.3) is 28.1 Å². The van der Waals surface area contributed by atoms with Crippen molar-refractivity contribution in [1.82, 2.24) is 23.7 Å². The maximum atomic E-state index is 4.59. The van der Waals surface area contributed by atoms with E-state index in [9.17, 15) is 0 Å². The molecule has 0 atom stereocenters. The van der Waals surface area contributed by atoms with Crippen molar-refractivity contribution in [2.45, 2.75) is 0 Å². The number of hydrogen-bond donors (Lipinski definition) is 0. The standard InChI is InChI=1S/C20H15N5/c1-2-10-23(9-1)17-6-7-20-19(13-17)22-15-25(20)18-5-3-4-16(12-18)24-11-8-21-14-24/h1-15H. The fraction of sp³-hybridized carbons (Fsp3) is 0. The maximum Gasteiger partial charge on any atom is 0.100 e. The van der Waals surface area contributed by atoms with Crippen LogP contribution in [0.4, 0.5) is 0 Å². The van der Waals surface area contributed by atoms with Crippen LogP contribution < -0.4 is 0 Å². The van der Waals surface area contributed by atoms with E-state index >= 15 is 0 Å². The van der Waals surface area contributed by atoms with Crippen LogP contribution in [0.15, 0.2) is 92.0 Å². The van der Waals surface area contributed by atoms with E-state index in [1.807, 2.05) is 47.7 Å². The van der Waals surface area contributed by atoms with Crippen LogP contribution >= 0.6 is 0 Å². The fourth-order valence-electron chi connectivity index (χ4n) is 3.09. The molecule has 0 amide bonds. The van der Waals surface area contributed by atoms with E-state index in [0.29, 0.717) is 0 Å². The Morgan fingerprint density at radius 2 is 1.52 bits per heavy atom. The van der Waals surface area contributed by atoms with Crippen LogP contribution in [0, 0.1) is 0 Å². The highest BCUT2D eigenvalue weighted by Gasteiger charge is 2.07. The highest BCUT2D eigenvalue weighted by Crippen LogP contribution is 2.22. The number of hydrogen-bond acceptors (Lipinski definition) is 2. The van der Waals surface area contributed by atoms with Gasteiger partial charge >= 0.3 is 0 Å². The van der Waals surface area contributed by atoms with Crippen molar-refractivity contribution < 1.29 is 0 Å². The summed E-state index contributed by atoms with van der Waals surface area (Å²) in [6.07, 6.45) is 11.5. The number of imidazole rings is 2. The Morgan fingerprint density at radius 3 is 2.36 bits per heavy atom. The predicted octanol–water partition coefficient (Wildman–Crippen LogP) is 4.00. The van der Waals surface area contributed by atoms with Crippen LogP contribution in [-0.2, 0) is 0 Å². The first kappa shape index (κ1) is 13.8. The maximum absolute atomic E-state index is 4.59. The Balaban J connectivity index is 1.61. The summed E-state index contributed by atoms with van der Waals surface area (Å²) < 4.78 is 6.18. The molecule has 0 bridgehead atoms. The molecule has 0 aliphatic heterocycles. The van der Waals surface area contributed by atoms with E-state index in [2.05, 4.69) is 55.5 Å². The minimum absolute atomic E-state index is 0.972. The molecule has 3 heterocycles. The number of aromatic nitrogens is 5. The largest absolute Gasteiger partial charge is 0.324 e. The van der Waals surface area contributed by atoms with Crippen molar-refractivity contribution in [3.8, 4) is 17.1 Å². The zero-order valence-corrected chi connectivity index (χ0v) is 13.4. The second-order valence-electron chi connectivity index (χ2n) is 5.87. The number of benzene rings is 2. The van der Waals surface area contributed by atoms with Gasteiger partial charge in [-0.25, -0.2) is 9.97 Å². The van der Waals surface area contributed by atoms with Gasteiger partial charge in [0.1, 0.15) is 6.33 Å². The minimum Gasteiger partial charge on any atom is -0.324 e. The molecule has 0 N–H and O–H groups in total. The van der Waals surface area contributed by atoms with Crippen LogP contribution in [0.3, 0.4) is 0 Å². The molecule has 0 saturated heterocycles. The molecular formula is C20H15N5. The highest BCUT2D eigenvalue weighted by atomic mass is 15.1. The molecule has 0 aliphatic rings. The van der Waals surface area contributed by atoms with Crippen molar-refractivity contribution in [2.75, 3.05) is 0 Å². The molecule has 3 aromatic heterocycles. The third-order valence-electron chi connectivity index (χ3n) is 4.34. The van der Waals surface area contributed by atoms with Gasteiger partial charge in [-0.1, -0.05) is 6.07 Å². The second-order valence-corrected chi connectivity index (χ2v) is 5.87. The lowest BCUT2D eigenvalue weighted by Crippen LogP contribution is -1.96. The molecule has 5 heteroatoms. The molecule has 0 fully saturated rings. The van der Waals surface area contributed by atoms with Gasteiger partial charge in [-0.05, 0) is 48.5 Å². The zero-order valence-electron chi connectivity index (χ0n) is 13.4. The monoisotopic (exact) mass is 325 g/mol. The van der Waals surface area contributed by atoms with Crippen LogP contribution in [0.5, 0.6) is 0 Å². The molecule has 5 aromatic rings. The Labute approximate surface area is 144 Å². The average molecular weight is 325 g/mol. The summed E-state index contributed by atoms with van der Waals surface area (Å²) in [5.74, 6) is 0. The summed E-state index contributed by atoms with van der Waals surface area (Å²) >= 11 is 0. The van der Waals surface area contributed by atoms with Gasteiger partial charge in [-0.15, -0.1) is 0 Å². The lowest BCUT2D eigenvalue weighted by molar-refractivity contribution is 1.03. The molecule has 5 rings (SSSR count). The van der Waals surface area contributed by atoms with Gasteiger partial charge in [0.25, 0.3) is 0 Å². The molecular weight excluding hydrogens is 310 g/mol. The van der Waals surface area contributed by atoms with Gasteiger partial charge in [-0.2, -0.15) is 0 Å². The van der Waals surface area contributed by atoms with Crippen LogP contribution in [-0.4, -0.2) is 23.7 Å². The lowest BCUT2D eigenvalue weighted by atomic mass is 10.2. The molecule has 0 spiro atoms. The first-order valence-corrected chi connectivity index (χ1v) is 8.08. The molecule has 0 aliphatic carbocycles. The van der Waals surface area contributed by atoms with Crippen molar-refractivity contribution in [3.05, 3.63) is 92.0 Å². The average Bonchev–Trinajstić information content (AvgIpc) is 3.42. The Bertz CT molecular complexity index is 1130. The van der Waals surface area contributed by atoms with E-state index in [1.165, 1.54) is 0 Å². The van der Waals surface area contributed by atoms with E-state index in [-0.39, 0.29) is 0 Å². The minimum atomic E-state index is 0.972. The molecule has 2 aromatic carbocycles. The Hall–Kier alpha value is -3.60. The highest BCUT2D eigenvalue weighted by molar-refractivity contribution is 5.79. The quantitative estimate of drug-likeness (QED) is 0.503. The number of nitrogens with zero attached hydrogens (tertiary/aromatic N) is 5. The molecule has 0 radical (unpaired) electrons. The van der Waals surface area contributed by atoms with E-state index in [1.54, 1.807) is 12.5 Å². The number of fused-ring (bicyclic) bond motifs is 1. The molecule has 0 saturated carbocycles. The molecule has 5 nitrogen and oxygen atoms in total. The third kappa shape index (κ3) is 2.33. The predicted molar refractivity (Wildman–Crippen MR) is 97.5 cm³/mol. The van der Waals surface area contributed by atoms with Crippen molar-refractivity contribution in [3.63, 3.8) is 0 Å². The Kier molecular flexibility index (Phi) is 3.03. The molecule has 25 heavy (non-hydrogen) atoms. The summed E-state index contributed by atoms with van der Waals surface area (Å²) in [6, 6.07) is 18.7. The van der Waals surface area contributed by atoms with Crippen LogP contribution in [0.2, 0.25) is 0 Å². The second kappa shape index (κ2) is 5.49. The van der Waals surface area contributed by atoms with E-state index in [4.69, 9.17) is 0 Å². The fourth-order valence-corrected chi connectivity index (χ4v) is 3.09. The summed E-state index contributed by atoms with van der Waals surface area (Å²) in [4.78, 5) is 8.70. The SMILES string of the molecule is c1cc(-n2ccnc2)cc(-n2cnc3cc(-n4cccc4)ccc32)c1. The molecule has 0 unspecified atom stereocenters. The van der Waals surface area contributed by atoms with Gasteiger partial charge in [0.2, 0.25) is 0 Å². The van der Waals surface area contributed by atoms with Crippen molar-refractivity contribution in [1.29, 1.82) is 0 Å². The summed E-state index contributed by atoms with van der Waals surface area (Å²) in [5.41, 5.74) is 5.30. The topological polar surface area (TPSA) is 40.6 Å². The summed E-state index contributed by atoms with van der Waals surface area (Å²) in [7, 11) is 0. The normalized spacial score (nSPS) is 11.2. The van der Waals surface area contributed by atoms with Crippen molar-refractivity contribution in [2.24, 2.45) is 0 Å². The summed E-state index contributed by atoms with van der Waals surface area (Å²) in [5, 5.41) is 0. The van der Waals surface area contributed by atoms with Gasteiger partial charge in [0.05, 0.1) is 17.4 Å². The van der Waals surface area contributed by atoms with Gasteiger partial charge in [-0.3, -0.25) is 4.57 Å². The third-order valence-corrected chi connectivity index (χ3v) is 4.34. The van der Waals surface area contributed by atoms with Crippen LogP contribution in [0.1, 0.15) is 0 Å². The summed E-state index contributed by atoms with van der Waals surface area (Å²) in [6.45, 7) is 0. The zero-order chi connectivity index (χ0) is 16.6. The lowest BCUT2D eigenvalue weighted by Gasteiger charge is -2.08. The van der Waals surface area contributed by atoms with Gasteiger partial charge in [0, 0.05) is 41.8 Å². The van der Waals surface area contributed by atoms with E-state index < -0.39 is 0 Å². The van der Waals surface area contributed by atoms with E-state index in [0.717, 1.165) is 28.1 Å². The first-order chi connectivity index (χ1) is 12.4. The van der Waals surface area contributed by atoms with Gasteiger partial charge in [0.15, 0.2) is 0 Å². The molecule has 120 valence electrons. The first-order valence-electron chi connectivity index (χ1n) is 8.08. The van der Waals surface area contributed by atoms with Gasteiger partial charge < -0.3 is 9.13 Å². The smallest absolute Gasteiger partial charge is 0.100 e. The van der Waals surface area contributed by atoms with Crippen molar-refractivity contribution >= 4 is 11.0 Å². The Morgan fingerprint density at radius 1 is 0.680 bits per heavy atom.